The molecule has 1 rings (SSSR count). The number of aliphatic hydroxyl groups excluding tert-OH is 1. The van der Waals surface area contributed by atoms with Gasteiger partial charge in [-0.15, -0.1) is 0 Å². The van der Waals surface area contributed by atoms with E-state index in [2.05, 4.69) is 0 Å². The molecular formula is C8H14O3. The molecule has 11 heavy (non-hydrogen) atoms. The summed E-state index contributed by atoms with van der Waals surface area (Å²) in [5, 5.41) is 9.35. The summed E-state index contributed by atoms with van der Waals surface area (Å²) in [6.45, 7) is 3.64. The number of aliphatic hydroxyl groups is 1. The van der Waals surface area contributed by atoms with E-state index in [1.165, 1.54) is 0 Å². The van der Waals surface area contributed by atoms with E-state index in [-0.39, 0.29) is 18.0 Å². The van der Waals surface area contributed by atoms with E-state index >= 15 is 0 Å². The number of rotatable bonds is 1. The molecule has 0 aromatic carbocycles. The quantitative estimate of drug-likeness (QED) is 0.572. The largest absolute Gasteiger partial charge is 0.462 e. The van der Waals surface area contributed by atoms with Gasteiger partial charge in [-0.05, 0) is 13.3 Å². The molecule has 0 amide bonds. The van der Waals surface area contributed by atoms with Gasteiger partial charge in [0.05, 0.1) is 12.0 Å². The fraction of sp³-hybridized carbons (Fsp3) is 0.875. The molecule has 1 aliphatic rings. The van der Waals surface area contributed by atoms with Crippen molar-refractivity contribution in [1.82, 2.24) is 0 Å². The van der Waals surface area contributed by atoms with Crippen molar-refractivity contribution < 1.29 is 14.6 Å². The number of carbonyl (C=O) groups excluding carboxylic acids is 1. The molecule has 0 aromatic rings. The number of hydrogen-bond donors (Lipinski definition) is 1. The number of hydrogen-bond acceptors (Lipinski definition) is 3. The summed E-state index contributed by atoms with van der Waals surface area (Å²) in [5.74, 6) is -0.617. The van der Waals surface area contributed by atoms with Gasteiger partial charge in [-0.3, -0.25) is 4.79 Å². The lowest BCUT2D eigenvalue weighted by Gasteiger charge is -2.29. The van der Waals surface area contributed by atoms with Crippen LogP contribution in [0, 0.1) is 5.92 Å². The van der Waals surface area contributed by atoms with Crippen LogP contribution in [0.25, 0.3) is 0 Å². The SMILES string of the molecule is CCC1CC(O)C(C)C(=O)O1. The lowest BCUT2D eigenvalue weighted by Crippen LogP contribution is -2.39. The third-order valence-corrected chi connectivity index (χ3v) is 2.19. The third kappa shape index (κ3) is 1.71. The summed E-state index contributed by atoms with van der Waals surface area (Å²) in [6, 6.07) is 0. The third-order valence-electron chi connectivity index (χ3n) is 2.19. The van der Waals surface area contributed by atoms with E-state index in [1.54, 1.807) is 6.92 Å². The van der Waals surface area contributed by atoms with Crippen molar-refractivity contribution in [1.29, 1.82) is 0 Å². The lowest BCUT2D eigenvalue weighted by atomic mass is 9.95. The van der Waals surface area contributed by atoms with Crippen LogP contribution in [0.4, 0.5) is 0 Å². The van der Waals surface area contributed by atoms with Crippen LogP contribution in [0.15, 0.2) is 0 Å². The second-order valence-electron chi connectivity index (χ2n) is 3.06. The molecule has 1 saturated heterocycles. The monoisotopic (exact) mass is 158 g/mol. The molecule has 1 N–H and O–H groups in total. The van der Waals surface area contributed by atoms with Crippen LogP contribution < -0.4 is 0 Å². The Balaban J connectivity index is 2.54. The molecule has 1 aliphatic heterocycles. The molecule has 3 nitrogen and oxygen atoms in total. The molecule has 0 aliphatic carbocycles. The van der Waals surface area contributed by atoms with Gasteiger partial charge in [0.2, 0.25) is 0 Å². The maximum atomic E-state index is 11.0. The lowest BCUT2D eigenvalue weighted by molar-refractivity contribution is -0.168. The fourth-order valence-electron chi connectivity index (χ4n) is 1.20. The molecule has 3 unspecified atom stereocenters. The number of cyclic esters (lactones) is 1. The van der Waals surface area contributed by atoms with Crippen molar-refractivity contribution >= 4 is 5.97 Å². The van der Waals surface area contributed by atoms with E-state index < -0.39 is 6.10 Å². The Labute approximate surface area is 66.4 Å². The smallest absolute Gasteiger partial charge is 0.311 e. The predicted octanol–water partition coefficient (Wildman–Crippen LogP) is 0.709. The van der Waals surface area contributed by atoms with Gasteiger partial charge in [-0.25, -0.2) is 0 Å². The van der Waals surface area contributed by atoms with Gasteiger partial charge in [0.25, 0.3) is 0 Å². The Morgan fingerprint density at radius 2 is 2.36 bits per heavy atom. The van der Waals surface area contributed by atoms with Crippen LogP contribution >= 0.6 is 0 Å². The van der Waals surface area contributed by atoms with Gasteiger partial charge in [0.15, 0.2) is 0 Å². The molecule has 3 heteroatoms. The average Bonchev–Trinajstić information content (AvgIpc) is 1.99. The highest BCUT2D eigenvalue weighted by Crippen LogP contribution is 2.21. The van der Waals surface area contributed by atoms with Crippen LogP contribution in [0.3, 0.4) is 0 Å². The van der Waals surface area contributed by atoms with E-state index in [0.717, 1.165) is 6.42 Å². The minimum absolute atomic E-state index is 0.0753. The van der Waals surface area contributed by atoms with Gasteiger partial charge < -0.3 is 9.84 Å². The predicted molar refractivity (Wildman–Crippen MR) is 40.0 cm³/mol. The minimum atomic E-state index is -0.513. The van der Waals surface area contributed by atoms with Crippen molar-refractivity contribution in [2.45, 2.75) is 38.9 Å². The molecule has 3 atom stereocenters. The van der Waals surface area contributed by atoms with E-state index in [4.69, 9.17) is 4.74 Å². The molecule has 0 aromatic heterocycles. The zero-order valence-corrected chi connectivity index (χ0v) is 6.91. The zero-order chi connectivity index (χ0) is 8.43. The molecule has 0 saturated carbocycles. The van der Waals surface area contributed by atoms with E-state index in [1.807, 2.05) is 6.92 Å². The van der Waals surface area contributed by atoms with Crippen molar-refractivity contribution in [3.05, 3.63) is 0 Å². The number of esters is 1. The Hall–Kier alpha value is -0.570. The normalized spacial score (nSPS) is 38.5. The zero-order valence-electron chi connectivity index (χ0n) is 6.91. The Bertz CT molecular complexity index is 155. The summed E-state index contributed by atoms with van der Waals surface area (Å²) < 4.78 is 5.02. The molecule has 64 valence electrons. The minimum Gasteiger partial charge on any atom is -0.462 e. The number of ether oxygens (including phenoxy) is 1. The van der Waals surface area contributed by atoms with Crippen molar-refractivity contribution in [3.63, 3.8) is 0 Å². The summed E-state index contributed by atoms with van der Waals surface area (Å²) in [7, 11) is 0. The van der Waals surface area contributed by atoms with Gasteiger partial charge in [-0.2, -0.15) is 0 Å². The van der Waals surface area contributed by atoms with Gasteiger partial charge in [-0.1, -0.05) is 6.92 Å². The first-order valence-electron chi connectivity index (χ1n) is 4.03. The van der Waals surface area contributed by atoms with Crippen LogP contribution in [0.5, 0.6) is 0 Å². The fourth-order valence-corrected chi connectivity index (χ4v) is 1.20. The second-order valence-corrected chi connectivity index (χ2v) is 3.06. The Kier molecular flexibility index (Phi) is 2.49. The molecule has 0 bridgehead atoms. The Morgan fingerprint density at radius 3 is 2.82 bits per heavy atom. The second kappa shape index (κ2) is 3.22. The van der Waals surface area contributed by atoms with Crippen LogP contribution in [-0.4, -0.2) is 23.3 Å². The Morgan fingerprint density at radius 1 is 1.73 bits per heavy atom. The summed E-state index contributed by atoms with van der Waals surface area (Å²) in [6.07, 6.45) is 0.786. The van der Waals surface area contributed by atoms with Crippen molar-refractivity contribution in [3.8, 4) is 0 Å². The van der Waals surface area contributed by atoms with Crippen LogP contribution in [-0.2, 0) is 9.53 Å². The summed E-state index contributed by atoms with van der Waals surface area (Å²) >= 11 is 0. The summed E-state index contributed by atoms with van der Waals surface area (Å²) in [5.41, 5.74) is 0. The van der Waals surface area contributed by atoms with E-state index in [9.17, 15) is 9.90 Å². The van der Waals surface area contributed by atoms with Gasteiger partial charge >= 0.3 is 5.97 Å². The molecule has 1 fully saturated rings. The summed E-state index contributed by atoms with van der Waals surface area (Å²) in [4.78, 5) is 11.0. The van der Waals surface area contributed by atoms with Crippen LogP contribution in [0.2, 0.25) is 0 Å². The van der Waals surface area contributed by atoms with Gasteiger partial charge in [0, 0.05) is 6.42 Å². The van der Waals surface area contributed by atoms with E-state index in [0.29, 0.717) is 6.42 Å². The van der Waals surface area contributed by atoms with Crippen LogP contribution in [0.1, 0.15) is 26.7 Å². The van der Waals surface area contributed by atoms with Crippen molar-refractivity contribution in [2.24, 2.45) is 5.92 Å². The van der Waals surface area contributed by atoms with Gasteiger partial charge in [0.1, 0.15) is 6.10 Å². The maximum Gasteiger partial charge on any atom is 0.311 e. The molecular weight excluding hydrogens is 144 g/mol. The first-order valence-corrected chi connectivity index (χ1v) is 4.03. The highest BCUT2D eigenvalue weighted by atomic mass is 16.5. The number of carbonyl (C=O) groups is 1. The molecule has 0 radical (unpaired) electrons. The highest BCUT2D eigenvalue weighted by Gasteiger charge is 2.33. The van der Waals surface area contributed by atoms with Crippen molar-refractivity contribution in [2.75, 3.05) is 0 Å². The molecule has 0 spiro atoms. The highest BCUT2D eigenvalue weighted by molar-refractivity contribution is 5.73. The first-order chi connectivity index (χ1) is 5.15. The standard InChI is InChI=1S/C8H14O3/c1-3-6-4-7(9)5(2)8(10)11-6/h5-7,9H,3-4H2,1-2H3. The molecule has 1 heterocycles. The maximum absolute atomic E-state index is 11.0. The first kappa shape index (κ1) is 8.53. The average molecular weight is 158 g/mol. The topological polar surface area (TPSA) is 46.5 Å².